The highest BCUT2D eigenvalue weighted by Gasteiger charge is 2.44. The van der Waals surface area contributed by atoms with E-state index in [0.29, 0.717) is 0 Å². The Bertz CT molecular complexity index is 240. The number of alkyl halides is 2. The average molecular weight is 276 g/mol. The van der Waals surface area contributed by atoms with Gasteiger partial charge in [0.2, 0.25) is 0 Å². The van der Waals surface area contributed by atoms with Gasteiger partial charge in [-0.1, -0.05) is 0 Å². The third-order valence-corrected chi connectivity index (χ3v) is 7.94. The van der Waals surface area contributed by atoms with Crippen molar-refractivity contribution in [2.45, 2.75) is 45.4 Å². The fraction of sp³-hybridized carbons (Fsp3) is 1.00. The van der Waals surface area contributed by atoms with Crippen LogP contribution in [0.1, 0.15) is 0 Å². The molecule has 0 N–H and O–H groups in total. The lowest BCUT2D eigenvalue weighted by Gasteiger charge is -2.30. The lowest BCUT2D eigenvalue weighted by Crippen LogP contribution is -2.31. The van der Waals surface area contributed by atoms with Crippen molar-refractivity contribution in [3.63, 3.8) is 0 Å². The molecule has 0 aliphatic carbocycles. The van der Waals surface area contributed by atoms with Crippen LogP contribution in [0.4, 0.5) is 8.78 Å². The third kappa shape index (κ3) is 6.57. The molecule has 0 heterocycles. The molecule has 92 valence electrons. The molecule has 0 bridgehead atoms. The van der Waals surface area contributed by atoms with Crippen LogP contribution in [0.3, 0.4) is 0 Å². The zero-order valence-corrected chi connectivity index (χ0v) is 12.9. The van der Waals surface area contributed by atoms with E-state index in [0.717, 1.165) is 0 Å². The summed E-state index contributed by atoms with van der Waals surface area (Å²) in [5.41, 5.74) is 0. The molecular weight excluding hydrogens is 257 g/mol. The van der Waals surface area contributed by atoms with Crippen molar-refractivity contribution in [2.24, 2.45) is 0 Å². The van der Waals surface area contributed by atoms with Gasteiger partial charge in [-0.2, -0.15) is 8.78 Å². The van der Waals surface area contributed by atoms with Crippen molar-refractivity contribution in [2.75, 3.05) is 0 Å². The van der Waals surface area contributed by atoms with Crippen LogP contribution < -0.4 is 0 Å². The molecule has 0 aromatic carbocycles. The molecule has 0 aromatic rings. The van der Waals surface area contributed by atoms with Crippen LogP contribution in [0.15, 0.2) is 0 Å². The van der Waals surface area contributed by atoms with Crippen molar-refractivity contribution in [1.82, 2.24) is 0 Å². The van der Waals surface area contributed by atoms with E-state index in [1.54, 1.807) is 39.3 Å². The van der Waals surface area contributed by atoms with Gasteiger partial charge in [0.15, 0.2) is 16.6 Å². The summed E-state index contributed by atoms with van der Waals surface area (Å²) in [5, 5.41) is 0. The Morgan fingerprint density at radius 2 is 1.20 bits per heavy atom. The molecule has 3 nitrogen and oxygen atoms in total. The Balaban J connectivity index is 4.86. The van der Waals surface area contributed by atoms with Crippen LogP contribution in [0.5, 0.6) is 0 Å². The molecule has 0 radical (unpaired) electrons. The highest BCUT2D eigenvalue weighted by molar-refractivity contribution is 7.57. The van der Waals surface area contributed by atoms with Crippen molar-refractivity contribution in [1.29, 1.82) is 0 Å². The van der Waals surface area contributed by atoms with Crippen LogP contribution >= 0.6 is 7.60 Å². The van der Waals surface area contributed by atoms with E-state index in [1.807, 2.05) is 0 Å². The predicted molar refractivity (Wildman–Crippen MR) is 62.5 cm³/mol. The van der Waals surface area contributed by atoms with Crippen molar-refractivity contribution >= 4 is 24.2 Å². The monoisotopic (exact) mass is 276 g/mol. The van der Waals surface area contributed by atoms with Crippen LogP contribution in [0.25, 0.3) is 0 Å². The van der Waals surface area contributed by atoms with Gasteiger partial charge in [0.25, 0.3) is 0 Å². The van der Waals surface area contributed by atoms with Crippen LogP contribution in [-0.2, 0) is 13.0 Å². The molecule has 15 heavy (non-hydrogen) atoms. The van der Waals surface area contributed by atoms with Gasteiger partial charge in [-0.3, -0.25) is 4.57 Å². The number of halogens is 2. The lowest BCUT2D eigenvalue weighted by molar-refractivity contribution is 0.189. The van der Waals surface area contributed by atoms with E-state index in [9.17, 15) is 13.3 Å². The molecule has 8 heteroatoms. The summed E-state index contributed by atoms with van der Waals surface area (Å²) in [4.78, 5) is 0. The minimum atomic E-state index is -4.24. The molecule has 0 rings (SSSR count). The molecule has 0 saturated heterocycles. The van der Waals surface area contributed by atoms with Crippen molar-refractivity contribution in [3.8, 4) is 0 Å². The first-order valence-electron chi connectivity index (χ1n) is 4.65. The van der Waals surface area contributed by atoms with E-state index >= 15 is 0 Å². The first-order chi connectivity index (χ1) is 6.36. The van der Waals surface area contributed by atoms with E-state index in [-0.39, 0.29) is 0 Å². The maximum atomic E-state index is 12.7. The van der Waals surface area contributed by atoms with Gasteiger partial charge in [0.1, 0.15) is 0 Å². The summed E-state index contributed by atoms with van der Waals surface area (Å²) in [6.45, 7) is 10.2. The summed E-state index contributed by atoms with van der Waals surface area (Å²) in [6.07, 6.45) is -3.06. The topological polar surface area (TPSA) is 35.5 Å². The smallest absolute Gasteiger partial charge is 0.348 e. The molecule has 0 atom stereocenters. The first-order valence-corrected chi connectivity index (χ1v) is 13.1. The summed E-state index contributed by atoms with van der Waals surface area (Å²) in [6, 6.07) is 0. The van der Waals surface area contributed by atoms with Gasteiger partial charge in [-0.15, -0.1) is 0 Å². The standard InChI is InChI=1S/C7H19F2O3PSi2/c1-14(2,3)11-13(10,7(8)9)12-15(4,5)6/h7H,1-6H3. The van der Waals surface area contributed by atoms with Gasteiger partial charge in [0.05, 0.1) is 0 Å². The summed E-state index contributed by atoms with van der Waals surface area (Å²) >= 11 is 0. The quantitative estimate of drug-likeness (QED) is 0.560. The summed E-state index contributed by atoms with van der Waals surface area (Å²) in [5.74, 6) is 0. The molecule has 0 aromatic heterocycles. The Kier molecular flexibility index (Phi) is 4.89. The third-order valence-electron chi connectivity index (χ3n) is 1.04. The molecule has 0 aliphatic heterocycles. The second-order valence-corrected chi connectivity index (χ2v) is 16.6. The molecule has 0 unspecified atom stereocenters. The average Bonchev–Trinajstić information content (AvgIpc) is 1.75. The van der Waals surface area contributed by atoms with E-state index in [2.05, 4.69) is 0 Å². The van der Waals surface area contributed by atoms with Crippen LogP contribution in [-0.4, -0.2) is 22.8 Å². The fourth-order valence-corrected chi connectivity index (χ4v) is 8.09. The van der Waals surface area contributed by atoms with Gasteiger partial charge >= 0.3 is 13.8 Å². The molecule has 0 aliphatic rings. The number of hydrogen-bond donors (Lipinski definition) is 0. The maximum absolute atomic E-state index is 12.7. The molecule has 0 amide bonds. The van der Waals surface area contributed by atoms with Crippen LogP contribution in [0, 0.1) is 0 Å². The molecule has 0 spiro atoms. The van der Waals surface area contributed by atoms with Gasteiger partial charge < -0.3 is 8.43 Å². The largest absolute Gasteiger partial charge is 0.377 e. The lowest BCUT2D eigenvalue weighted by atomic mass is 11.7. The Hall–Kier alpha value is 0.444. The summed E-state index contributed by atoms with van der Waals surface area (Å²) in [7, 11) is -8.85. The molecule has 0 fully saturated rings. The summed E-state index contributed by atoms with van der Waals surface area (Å²) < 4.78 is 47.2. The zero-order valence-electron chi connectivity index (χ0n) is 10.0. The molecular formula is C7H19F2O3PSi2. The highest BCUT2D eigenvalue weighted by atomic mass is 31.2. The minimum absolute atomic E-state index is 1.70. The van der Waals surface area contributed by atoms with Crippen molar-refractivity contribution in [3.05, 3.63) is 0 Å². The Morgan fingerprint density at radius 1 is 0.933 bits per heavy atom. The number of hydrogen-bond acceptors (Lipinski definition) is 3. The van der Waals surface area contributed by atoms with E-state index < -0.39 is 30.4 Å². The minimum Gasteiger partial charge on any atom is -0.348 e. The van der Waals surface area contributed by atoms with E-state index in [4.69, 9.17) is 8.43 Å². The van der Waals surface area contributed by atoms with Crippen molar-refractivity contribution < 1.29 is 21.8 Å². The molecule has 0 saturated carbocycles. The SMILES string of the molecule is C[Si](C)(C)OP(=O)(O[Si](C)(C)C)C(F)F. The second-order valence-electron chi connectivity index (χ2n) is 5.22. The van der Waals surface area contributed by atoms with Crippen LogP contribution in [0.2, 0.25) is 39.3 Å². The Morgan fingerprint density at radius 3 is 1.33 bits per heavy atom. The second kappa shape index (κ2) is 4.75. The normalized spacial score (nSPS) is 14.7. The van der Waals surface area contributed by atoms with Gasteiger partial charge in [-0.25, -0.2) is 0 Å². The first kappa shape index (κ1) is 15.4. The van der Waals surface area contributed by atoms with Gasteiger partial charge in [0, 0.05) is 0 Å². The zero-order chi connectivity index (χ0) is 12.5. The predicted octanol–water partition coefficient (Wildman–Crippen LogP) is 4.11. The number of rotatable bonds is 5. The highest BCUT2D eigenvalue weighted by Crippen LogP contribution is 2.58. The Labute approximate surface area is 92.0 Å². The maximum Gasteiger partial charge on any atom is 0.377 e. The fourth-order valence-electron chi connectivity index (χ4n) is 0.862. The van der Waals surface area contributed by atoms with Gasteiger partial charge in [-0.05, 0) is 39.3 Å². The van der Waals surface area contributed by atoms with E-state index in [1.165, 1.54) is 0 Å².